The van der Waals surface area contributed by atoms with Gasteiger partial charge in [0.05, 0.1) is 12.2 Å². The van der Waals surface area contributed by atoms with E-state index in [1.54, 1.807) is 12.4 Å². The highest BCUT2D eigenvalue weighted by atomic mass is 16.4. The predicted molar refractivity (Wildman–Crippen MR) is 78.2 cm³/mol. The predicted octanol–water partition coefficient (Wildman–Crippen LogP) is 1.97. The van der Waals surface area contributed by atoms with Crippen LogP contribution >= 0.6 is 0 Å². The molecule has 1 saturated heterocycles. The van der Waals surface area contributed by atoms with Crippen molar-refractivity contribution in [1.82, 2.24) is 19.9 Å². The highest BCUT2D eigenvalue weighted by molar-refractivity contribution is 5.70. The molecule has 0 saturated carbocycles. The highest BCUT2D eigenvalue weighted by Crippen LogP contribution is 2.18. The van der Waals surface area contributed by atoms with E-state index < -0.39 is 6.09 Å². The van der Waals surface area contributed by atoms with E-state index in [0.717, 1.165) is 24.8 Å². The van der Waals surface area contributed by atoms with Crippen molar-refractivity contribution in [3.63, 3.8) is 0 Å². The van der Waals surface area contributed by atoms with Crippen LogP contribution in [0.5, 0.6) is 0 Å². The van der Waals surface area contributed by atoms with Crippen LogP contribution in [0.25, 0.3) is 11.2 Å². The number of anilines is 1. The Bertz CT molecular complexity index is 648. The molecule has 1 amide bonds. The molecular weight excluding hydrogens is 270 g/mol. The summed E-state index contributed by atoms with van der Waals surface area (Å²) in [6.07, 6.45) is 5.32. The molecule has 1 fully saturated rings. The number of amides is 1. The first kappa shape index (κ1) is 13.5. The van der Waals surface area contributed by atoms with Crippen molar-refractivity contribution in [1.29, 1.82) is 0 Å². The van der Waals surface area contributed by atoms with Gasteiger partial charge in [0.15, 0.2) is 5.65 Å². The minimum Gasteiger partial charge on any atom is -0.465 e. The second kappa shape index (κ2) is 5.90. The number of carbonyl (C=O) groups is 1. The fourth-order valence-corrected chi connectivity index (χ4v) is 2.63. The van der Waals surface area contributed by atoms with Gasteiger partial charge < -0.3 is 15.3 Å². The average molecular weight is 287 g/mol. The van der Waals surface area contributed by atoms with Crippen molar-refractivity contribution in [3.05, 3.63) is 24.5 Å². The molecule has 0 spiro atoms. The number of piperidine rings is 1. The van der Waals surface area contributed by atoms with Gasteiger partial charge in [-0.05, 0) is 31.4 Å². The number of nitrogens with one attached hydrogen (secondary N) is 1. The van der Waals surface area contributed by atoms with Crippen LogP contribution in [0, 0.1) is 0 Å². The number of hydrogen-bond acceptors (Lipinski definition) is 5. The second-order valence-electron chi connectivity index (χ2n) is 5.11. The zero-order valence-corrected chi connectivity index (χ0v) is 11.6. The van der Waals surface area contributed by atoms with E-state index in [2.05, 4.69) is 20.3 Å². The number of pyridine rings is 1. The smallest absolute Gasteiger partial charge is 0.407 e. The summed E-state index contributed by atoms with van der Waals surface area (Å²) in [6, 6.07) is 3.65. The summed E-state index contributed by atoms with van der Waals surface area (Å²) in [5.41, 5.74) is 1.33. The van der Waals surface area contributed by atoms with Crippen LogP contribution in [0.1, 0.15) is 19.3 Å². The summed E-state index contributed by atoms with van der Waals surface area (Å²) in [7, 11) is 0. The number of hydrogen-bond donors (Lipinski definition) is 2. The molecule has 0 bridgehead atoms. The number of carboxylic acid groups (broad SMARTS) is 1. The molecule has 0 aromatic carbocycles. The Morgan fingerprint density at radius 3 is 3.19 bits per heavy atom. The van der Waals surface area contributed by atoms with Crippen LogP contribution in [0.2, 0.25) is 0 Å². The van der Waals surface area contributed by atoms with Crippen molar-refractivity contribution in [2.45, 2.75) is 25.3 Å². The van der Waals surface area contributed by atoms with Gasteiger partial charge in [0.1, 0.15) is 11.3 Å². The molecule has 3 rings (SSSR count). The van der Waals surface area contributed by atoms with Crippen LogP contribution in [0.3, 0.4) is 0 Å². The van der Waals surface area contributed by atoms with Gasteiger partial charge in [0.25, 0.3) is 0 Å². The number of likely N-dealkylation sites (tertiary alicyclic amines) is 1. The van der Waals surface area contributed by atoms with Crippen LogP contribution in [-0.4, -0.2) is 50.2 Å². The van der Waals surface area contributed by atoms with Crippen molar-refractivity contribution in [2.75, 3.05) is 18.4 Å². The Morgan fingerprint density at radius 1 is 1.43 bits per heavy atom. The van der Waals surface area contributed by atoms with Gasteiger partial charge in [-0.3, -0.25) is 0 Å². The fraction of sp³-hybridized carbons (Fsp3) is 0.429. The van der Waals surface area contributed by atoms with Crippen LogP contribution < -0.4 is 5.32 Å². The van der Waals surface area contributed by atoms with Gasteiger partial charge in [-0.1, -0.05) is 0 Å². The van der Waals surface area contributed by atoms with Crippen LogP contribution in [0.15, 0.2) is 24.5 Å². The molecule has 21 heavy (non-hydrogen) atoms. The van der Waals surface area contributed by atoms with Crippen molar-refractivity contribution >= 4 is 23.1 Å². The SMILES string of the molecule is O=C(O)N1CCCCC1CNc1cnc2ncccc2n1. The first-order valence-corrected chi connectivity index (χ1v) is 7.05. The Morgan fingerprint density at radius 2 is 2.33 bits per heavy atom. The lowest BCUT2D eigenvalue weighted by atomic mass is 10.0. The lowest BCUT2D eigenvalue weighted by Gasteiger charge is -2.33. The lowest BCUT2D eigenvalue weighted by molar-refractivity contribution is 0.110. The molecule has 1 aliphatic rings. The van der Waals surface area contributed by atoms with Gasteiger partial charge in [0, 0.05) is 19.3 Å². The largest absolute Gasteiger partial charge is 0.465 e. The average Bonchev–Trinajstić information content (AvgIpc) is 2.53. The van der Waals surface area contributed by atoms with Crippen molar-refractivity contribution in [2.24, 2.45) is 0 Å². The molecule has 7 heteroatoms. The summed E-state index contributed by atoms with van der Waals surface area (Å²) in [5.74, 6) is 0.645. The Balaban J connectivity index is 1.69. The van der Waals surface area contributed by atoms with Crippen LogP contribution in [-0.2, 0) is 0 Å². The van der Waals surface area contributed by atoms with E-state index in [4.69, 9.17) is 0 Å². The standard InChI is InChI=1S/C14H17N5O2/c20-14(21)19-7-2-1-4-10(19)8-16-12-9-17-13-11(18-12)5-3-6-15-13/h3,5-6,9-10H,1-2,4,7-8H2,(H,16,18)(H,20,21). The first-order valence-electron chi connectivity index (χ1n) is 7.05. The van der Waals surface area contributed by atoms with Gasteiger partial charge in [-0.15, -0.1) is 0 Å². The molecule has 2 N–H and O–H groups in total. The quantitative estimate of drug-likeness (QED) is 0.896. The monoisotopic (exact) mass is 287 g/mol. The van der Waals surface area contributed by atoms with E-state index in [1.807, 2.05) is 12.1 Å². The first-order chi connectivity index (χ1) is 10.2. The highest BCUT2D eigenvalue weighted by Gasteiger charge is 2.26. The number of aromatic nitrogens is 3. The lowest BCUT2D eigenvalue weighted by Crippen LogP contribution is -2.46. The summed E-state index contributed by atoms with van der Waals surface area (Å²) in [5, 5.41) is 12.4. The molecule has 110 valence electrons. The summed E-state index contributed by atoms with van der Waals surface area (Å²) in [4.78, 5) is 25.5. The minimum atomic E-state index is -0.852. The number of nitrogens with zero attached hydrogens (tertiary/aromatic N) is 4. The molecule has 2 aromatic rings. The molecule has 3 heterocycles. The van der Waals surface area contributed by atoms with Gasteiger partial charge >= 0.3 is 6.09 Å². The van der Waals surface area contributed by atoms with Gasteiger partial charge in [-0.25, -0.2) is 19.7 Å². The molecule has 7 nitrogen and oxygen atoms in total. The third-order valence-corrected chi connectivity index (χ3v) is 3.71. The molecule has 1 aliphatic heterocycles. The Kier molecular flexibility index (Phi) is 3.81. The summed E-state index contributed by atoms with van der Waals surface area (Å²) >= 11 is 0. The molecule has 0 radical (unpaired) electrons. The zero-order chi connectivity index (χ0) is 14.7. The van der Waals surface area contributed by atoms with Crippen molar-refractivity contribution in [3.8, 4) is 0 Å². The normalized spacial score (nSPS) is 18.7. The second-order valence-corrected chi connectivity index (χ2v) is 5.11. The summed E-state index contributed by atoms with van der Waals surface area (Å²) < 4.78 is 0. The van der Waals surface area contributed by atoms with E-state index in [-0.39, 0.29) is 6.04 Å². The molecule has 1 unspecified atom stereocenters. The van der Waals surface area contributed by atoms with E-state index in [1.165, 1.54) is 4.90 Å². The minimum absolute atomic E-state index is 0.0114. The fourth-order valence-electron chi connectivity index (χ4n) is 2.63. The van der Waals surface area contributed by atoms with Gasteiger partial charge in [-0.2, -0.15) is 0 Å². The third-order valence-electron chi connectivity index (χ3n) is 3.71. The molecule has 0 aliphatic carbocycles. The molecular formula is C14H17N5O2. The topological polar surface area (TPSA) is 91.2 Å². The molecule has 1 atom stereocenters. The summed E-state index contributed by atoms with van der Waals surface area (Å²) in [6.45, 7) is 1.15. The third kappa shape index (κ3) is 3.01. The van der Waals surface area contributed by atoms with E-state index in [0.29, 0.717) is 24.6 Å². The maximum atomic E-state index is 11.2. The maximum Gasteiger partial charge on any atom is 0.407 e. The van der Waals surface area contributed by atoms with E-state index in [9.17, 15) is 9.90 Å². The number of rotatable bonds is 3. The maximum absolute atomic E-state index is 11.2. The number of fused-ring (bicyclic) bond motifs is 1. The zero-order valence-electron chi connectivity index (χ0n) is 11.6. The Labute approximate surface area is 122 Å². The van der Waals surface area contributed by atoms with Gasteiger partial charge in [0.2, 0.25) is 0 Å². The van der Waals surface area contributed by atoms with E-state index >= 15 is 0 Å². The van der Waals surface area contributed by atoms with Crippen molar-refractivity contribution < 1.29 is 9.90 Å². The molecule has 2 aromatic heterocycles. The Hall–Kier alpha value is -2.44. The van der Waals surface area contributed by atoms with Crippen LogP contribution in [0.4, 0.5) is 10.6 Å².